The molecule has 0 radical (unpaired) electrons. The second-order valence-electron chi connectivity index (χ2n) is 4.80. The van der Waals surface area contributed by atoms with Crippen molar-refractivity contribution < 1.29 is 63.1 Å². The van der Waals surface area contributed by atoms with Crippen molar-refractivity contribution in [2.24, 2.45) is 0 Å². The normalized spacial score (nSPS) is 20.7. The summed E-state index contributed by atoms with van der Waals surface area (Å²) in [5, 5.41) is 2.46. The van der Waals surface area contributed by atoms with Crippen LogP contribution in [0.3, 0.4) is 0 Å². The van der Waals surface area contributed by atoms with Crippen molar-refractivity contribution in [3.8, 4) is 0 Å². The van der Waals surface area contributed by atoms with E-state index in [2.05, 4.69) is 15.4 Å². The molecule has 126 valence electrons. The Hall–Kier alpha value is -1.46. The van der Waals surface area contributed by atoms with Crippen molar-refractivity contribution in [3.05, 3.63) is 35.9 Å². The molecule has 3 atom stereocenters. The summed E-state index contributed by atoms with van der Waals surface area (Å²) in [6.45, 7) is 0. The zero-order valence-electron chi connectivity index (χ0n) is 13.9. The van der Waals surface area contributed by atoms with Gasteiger partial charge in [-0.3, -0.25) is 14.1 Å². The molecular formula is C13H15N2NaO7S. The summed E-state index contributed by atoms with van der Waals surface area (Å²) < 4.78 is 36.8. The van der Waals surface area contributed by atoms with Crippen LogP contribution in [0.15, 0.2) is 30.3 Å². The van der Waals surface area contributed by atoms with Crippen LogP contribution >= 0.6 is 0 Å². The summed E-state index contributed by atoms with van der Waals surface area (Å²) >= 11 is 0. The van der Waals surface area contributed by atoms with Crippen molar-refractivity contribution >= 4 is 27.9 Å². The van der Waals surface area contributed by atoms with Crippen molar-refractivity contribution in [2.75, 3.05) is 7.11 Å². The second-order valence-corrected chi connectivity index (χ2v) is 6.30. The van der Waals surface area contributed by atoms with Crippen LogP contribution in [0, 0.1) is 0 Å². The fourth-order valence-corrected chi connectivity index (χ4v) is 3.01. The molecule has 9 nitrogen and oxygen atoms in total. The van der Waals surface area contributed by atoms with E-state index in [-0.39, 0.29) is 36.5 Å². The maximum absolute atomic E-state index is 12.2. The molecule has 1 fully saturated rings. The molecule has 3 N–H and O–H groups in total. The molecule has 1 unspecified atom stereocenters. The average Bonchev–Trinajstić information content (AvgIpc) is 2.49. The maximum Gasteiger partial charge on any atom is 1.00 e. The zero-order valence-corrected chi connectivity index (χ0v) is 15.7. The number of carbonyl (C=O) groups is 3. The van der Waals surface area contributed by atoms with Gasteiger partial charge < -0.3 is 16.8 Å². The van der Waals surface area contributed by atoms with E-state index in [0.717, 1.165) is 7.11 Å². The third kappa shape index (κ3) is 4.33. The van der Waals surface area contributed by atoms with E-state index in [1.165, 1.54) is 24.3 Å². The molecule has 0 aliphatic carbocycles. The molecule has 1 aliphatic rings. The van der Waals surface area contributed by atoms with Crippen molar-refractivity contribution in [3.63, 3.8) is 0 Å². The number of hydrogen-bond acceptors (Lipinski definition) is 6. The summed E-state index contributed by atoms with van der Waals surface area (Å²) in [7, 11) is -3.66. The molecule has 11 heteroatoms. The Kier molecular flexibility index (Phi) is 6.93. The Morgan fingerprint density at radius 1 is 1.33 bits per heavy atom. The number of esters is 1. The number of carbonyl (C=O) groups excluding carboxylic acids is 3. The zero-order chi connectivity index (χ0) is 17.2. The molecule has 0 aromatic heterocycles. The maximum atomic E-state index is 12.2. The van der Waals surface area contributed by atoms with Gasteiger partial charge in [0, 0.05) is 0 Å². The van der Waals surface area contributed by atoms with E-state index >= 15 is 0 Å². The molecule has 24 heavy (non-hydrogen) atoms. The Morgan fingerprint density at radius 2 is 1.92 bits per heavy atom. The Balaban J connectivity index is 0.00000288. The van der Waals surface area contributed by atoms with Gasteiger partial charge in [-0.1, -0.05) is 30.3 Å². The Morgan fingerprint density at radius 3 is 2.38 bits per heavy atom. The van der Waals surface area contributed by atoms with Crippen LogP contribution in [0.5, 0.6) is 0 Å². The van der Waals surface area contributed by atoms with Gasteiger partial charge in [-0.05, 0) is 5.56 Å². The van der Waals surface area contributed by atoms with Crippen LogP contribution in [0.4, 0.5) is 0 Å². The van der Waals surface area contributed by atoms with Gasteiger partial charge >= 0.3 is 35.5 Å². The van der Waals surface area contributed by atoms with Crippen molar-refractivity contribution in [1.29, 1.82) is 0 Å². The number of amides is 2. The molecule has 0 bridgehead atoms. The molecule has 2 rings (SSSR count). The van der Waals surface area contributed by atoms with Crippen molar-refractivity contribution in [2.45, 2.75) is 17.3 Å². The number of nitrogens with one attached hydrogen (secondary N) is 2. The van der Waals surface area contributed by atoms with Crippen LogP contribution in [0.25, 0.3) is 0 Å². The van der Waals surface area contributed by atoms with Gasteiger partial charge in [-0.25, -0.2) is 4.79 Å². The summed E-state index contributed by atoms with van der Waals surface area (Å²) in [6.07, 6.45) is 0. The predicted octanol–water partition coefficient (Wildman–Crippen LogP) is -4.11. The topological polar surface area (TPSA) is 139 Å². The molecule has 1 aromatic rings. The first kappa shape index (κ1) is 20.6. The molecular weight excluding hydrogens is 351 g/mol. The number of benzene rings is 1. The molecule has 1 saturated heterocycles. The van der Waals surface area contributed by atoms with Gasteiger partial charge in [0.05, 0.1) is 7.11 Å². The SMILES string of the molecule is COC(=O)[C@@H]1NC(=O)[C@@H]1NC(=O)C(c1ccccc1)S(=O)(=O)O.[H-].[Na+]. The standard InChI is InChI=1S/C13H14N2O7S.Na.H/c1-22-13(18)9-8(11(16)15-9)14-12(17)10(23(19,20)21)7-5-3-2-4-6-7;;/h2-6,8-10H,1H3,(H,14,17)(H,15,16)(H,19,20,21);;/q;+1;-1/t8-,9-,10?;;/m1../s1. The third-order valence-corrected chi connectivity index (χ3v) is 4.39. The summed E-state index contributed by atoms with van der Waals surface area (Å²) in [5.74, 6) is -2.55. The van der Waals surface area contributed by atoms with Gasteiger partial charge in [-0.15, -0.1) is 0 Å². The number of hydrogen-bond donors (Lipinski definition) is 3. The number of methoxy groups -OCH3 is 1. The molecule has 0 saturated carbocycles. The Bertz CT molecular complexity index is 744. The van der Waals surface area contributed by atoms with E-state index in [4.69, 9.17) is 0 Å². The quantitative estimate of drug-likeness (QED) is 0.208. The summed E-state index contributed by atoms with van der Waals surface area (Å²) in [4.78, 5) is 35.1. The van der Waals surface area contributed by atoms with Crippen LogP contribution in [0.2, 0.25) is 0 Å². The minimum absolute atomic E-state index is 0. The Labute approximate surface area is 161 Å². The minimum atomic E-state index is -4.77. The fraction of sp³-hybridized carbons (Fsp3) is 0.308. The first-order chi connectivity index (χ1) is 10.8. The van der Waals surface area contributed by atoms with E-state index in [0.29, 0.717) is 0 Å². The van der Waals surface area contributed by atoms with Gasteiger partial charge in [-0.2, -0.15) is 8.42 Å². The largest absolute Gasteiger partial charge is 1.00 e. The van der Waals surface area contributed by atoms with Gasteiger partial charge in [0.1, 0.15) is 6.04 Å². The summed E-state index contributed by atoms with van der Waals surface area (Å²) in [6, 6.07) is 4.92. The number of β-lactam (4-membered cyclic amide) rings is 1. The predicted molar refractivity (Wildman–Crippen MR) is 77.7 cm³/mol. The van der Waals surface area contributed by atoms with Crippen LogP contribution < -0.4 is 40.2 Å². The van der Waals surface area contributed by atoms with E-state index in [1.54, 1.807) is 6.07 Å². The van der Waals surface area contributed by atoms with Crippen molar-refractivity contribution in [1.82, 2.24) is 10.6 Å². The molecule has 1 aliphatic heterocycles. The fourth-order valence-electron chi connectivity index (χ4n) is 2.17. The first-order valence-electron chi connectivity index (χ1n) is 6.45. The van der Waals surface area contributed by atoms with Crippen LogP contribution in [-0.4, -0.2) is 49.9 Å². The first-order valence-corrected chi connectivity index (χ1v) is 7.96. The van der Waals surface area contributed by atoms with Crippen LogP contribution in [0.1, 0.15) is 12.2 Å². The number of ether oxygens (including phenoxy) is 1. The van der Waals surface area contributed by atoms with Crippen LogP contribution in [-0.2, 0) is 29.2 Å². The van der Waals surface area contributed by atoms with E-state index in [9.17, 15) is 27.4 Å². The van der Waals surface area contributed by atoms with E-state index in [1.807, 2.05) is 0 Å². The molecule has 2 amide bonds. The number of rotatable bonds is 5. The monoisotopic (exact) mass is 366 g/mol. The molecule has 1 aromatic carbocycles. The van der Waals surface area contributed by atoms with Gasteiger partial charge in [0.2, 0.25) is 11.8 Å². The summed E-state index contributed by atoms with van der Waals surface area (Å²) in [5.41, 5.74) is 0.0295. The minimum Gasteiger partial charge on any atom is -1.00 e. The smallest absolute Gasteiger partial charge is 1.00 e. The van der Waals surface area contributed by atoms with Gasteiger partial charge in [0.15, 0.2) is 11.3 Å². The molecule has 1 heterocycles. The van der Waals surface area contributed by atoms with Gasteiger partial charge in [0.25, 0.3) is 10.1 Å². The molecule has 0 spiro atoms. The average molecular weight is 366 g/mol. The van der Waals surface area contributed by atoms with E-state index < -0.39 is 45.2 Å². The second kappa shape index (κ2) is 8.08. The third-order valence-electron chi connectivity index (χ3n) is 3.30.